The standard InChI is InChI=1S/C18H21NO4S/c1-13-5-7-15(8-6-13)24(21,22)12-14-4-3-11-19-16(14)9-10-17(19)18(20)23-2/h5-10,14H,3-4,11-12H2,1-2H3. The van der Waals surface area contributed by atoms with E-state index in [9.17, 15) is 13.2 Å². The number of esters is 1. The number of carbonyl (C=O) groups excluding carboxylic acids is 1. The SMILES string of the molecule is COC(=O)c1ccc2n1CCCC2CS(=O)(=O)c1ccc(C)cc1. The Hall–Kier alpha value is -2.08. The van der Waals surface area contributed by atoms with Gasteiger partial charge in [0.25, 0.3) is 0 Å². The minimum absolute atomic E-state index is 0.0562. The maximum Gasteiger partial charge on any atom is 0.354 e. The van der Waals surface area contributed by atoms with Crippen LogP contribution in [0.15, 0.2) is 41.3 Å². The zero-order valence-electron chi connectivity index (χ0n) is 13.9. The zero-order chi connectivity index (χ0) is 17.3. The van der Waals surface area contributed by atoms with Crippen molar-refractivity contribution in [2.75, 3.05) is 12.9 Å². The topological polar surface area (TPSA) is 65.4 Å². The van der Waals surface area contributed by atoms with Crippen molar-refractivity contribution in [3.8, 4) is 0 Å². The van der Waals surface area contributed by atoms with Crippen LogP contribution in [0.4, 0.5) is 0 Å². The van der Waals surface area contributed by atoms with E-state index in [1.165, 1.54) is 7.11 Å². The molecule has 5 nitrogen and oxygen atoms in total. The molecule has 1 aromatic carbocycles. The van der Waals surface area contributed by atoms with Crippen LogP contribution in [-0.2, 0) is 21.1 Å². The number of aromatic nitrogens is 1. The summed E-state index contributed by atoms with van der Waals surface area (Å²) in [6.07, 6.45) is 1.65. The highest BCUT2D eigenvalue weighted by atomic mass is 32.2. The van der Waals surface area contributed by atoms with Crippen LogP contribution >= 0.6 is 0 Å². The molecule has 0 saturated heterocycles. The zero-order valence-corrected chi connectivity index (χ0v) is 14.7. The molecular formula is C18H21NO4S. The van der Waals surface area contributed by atoms with Crippen LogP contribution in [0.2, 0.25) is 0 Å². The molecule has 0 amide bonds. The third-order valence-electron chi connectivity index (χ3n) is 4.56. The summed E-state index contributed by atoms with van der Waals surface area (Å²) >= 11 is 0. The highest BCUT2D eigenvalue weighted by Gasteiger charge is 2.29. The van der Waals surface area contributed by atoms with Crippen molar-refractivity contribution in [2.24, 2.45) is 0 Å². The maximum atomic E-state index is 12.7. The van der Waals surface area contributed by atoms with E-state index in [0.717, 1.165) is 24.1 Å². The molecule has 1 aliphatic heterocycles. The van der Waals surface area contributed by atoms with Crippen LogP contribution in [0.25, 0.3) is 0 Å². The maximum absolute atomic E-state index is 12.7. The molecule has 2 aromatic rings. The average Bonchev–Trinajstić information content (AvgIpc) is 2.99. The first kappa shape index (κ1) is 16.8. The van der Waals surface area contributed by atoms with Gasteiger partial charge in [0.2, 0.25) is 0 Å². The second kappa shape index (κ2) is 6.43. The number of carbonyl (C=O) groups is 1. The number of benzene rings is 1. The monoisotopic (exact) mass is 347 g/mol. The van der Waals surface area contributed by atoms with Gasteiger partial charge in [-0.1, -0.05) is 17.7 Å². The number of aryl methyl sites for hydroxylation is 1. The highest BCUT2D eigenvalue weighted by Crippen LogP contribution is 2.32. The summed E-state index contributed by atoms with van der Waals surface area (Å²) in [6.45, 7) is 2.65. The number of nitrogens with zero attached hydrogens (tertiary/aromatic N) is 1. The van der Waals surface area contributed by atoms with Crippen molar-refractivity contribution in [3.05, 3.63) is 53.3 Å². The lowest BCUT2D eigenvalue weighted by atomic mass is 9.98. The molecule has 0 saturated carbocycles. The number of hydrogen-bond donors (Lipinski definition) is 0. The van der Waals surface area contributed by atoms with E-state index in [-0.39, 0.29) is 17.6 Å². The number of rotatable bonds is 4. The summed E-state index contributed by atoms with van der Waals surface area (Å²) in [5.74, 6) is -0.438. The highest BCUT2D eigenvalue weighted by molar-refractivity contribution is 7.91. The van der Waals surface area contributed by atoms with Crippen molar-refractivity contribution in [1.82, 2.24) is 4.57 Å². The lowest BCUT2D eigenvalue weighted by Crippen LogP contribution is -2.24. The molecule has 0 N–H and O–H groups in total. The van der Waals surface area contributed by atoms with Crippen molar-refractivity contribution in [3.63, 3.8) is 0 Å². The van der Waals surface area contributed by atoms with E-state index in [1.807, 2.05) is 29.7 Å². The molecule has 2 heterocycles. The Morgan fingerprint density at radius 3 is 2.58 bits per heavy atom. The van der Waals surface area contributed by atoms with E-state index in [1.54, 1.807) is 18.2 Å². The molecule has 24 heavy (non-hydrogen) atoms. The van der Waals surface area contributed by atoms with Crippen LogP contribution in [0.5, 0.6) is 0 Å². The minimum Gasteiger partial charge on any atom is -0.464 e. The number of methoxy groups -OCH3 is 1. The van der Waals surface area contributed by atoms with E-state index >= 15 is 0 Å². The second-order valence-electron chi connectivity index (χ2n) is 6.22. The Morgan fingerprint density at radius 2 is 1.92 bits per heavy atom. The predicted molar refractivity (Wildman–Crippen MR) is 91.0 cm³/mol. The van der Waals surface area contributed by atoms with Gasteiger partial charge in [0, 0.05) is 18.2 Å². The Kier molecular flexibility index (Phi) is 4.49. The van der Waals surface area contributed by atoms with Crippen LogP contribution in [-0.4, -0.2) is 31.8 Å². The fourth-order valence-corrected chi connectivity index (χ4v) is 4.90. The van der Waals surface area contributed by atoms with Crippen molar-refractivity contribution in [1.29, 1.82) is 0 Å². The predicted octanol–water partition coefficient (Wildman–Crippen LogP) is 2.93. The summed E-state index contributed by atoms with van der Waals surface area (Å²) in [6, 6.07) is 10.5. The number of ether oxygens (including phenoxy) is 1. The molecule has 1 unspecified atom stereocenters. The molecule has 1 aliphatic rings. The van der Waals surface area contributed by atoms with Crippen LogP contribution in [0, 0.1) is 6.92 Å². The van der Waals surface area contributed by atoms with Gasteiger partial charge in [0.1, 0.15) is 5.69 Å². The summed E-state index contributed by atoms with van der Waals surface area (Å²) in [4.78, 5) is 12.2. The van der Waals surface area contributed by atoms with E-state index in [4.69, 9.17) is 4.74 Å². The van der Waals surface area contributed by atoms with E-state index in [2.05, 4.69) is 0 Å². The fraction of sp³-hybridized carbons (Fsp3) is 0.389. The van der Waals surface area contributed by atoms with Gasteiger partial charge in [-0.2, -0.15) is 0 Å². The third-order valence-corrected chi connectivity index (χ3v) is 6.39. The lowest BCUT2D eigenvalue weighted by molar-refractivity contribution is 0.0587. The molecule has 128 valence electrons. The Morgan fingerprint density at radius 1 is 1.21 bits per heavy atom. The van der Waals surface area contributed by atoms with E-state index < -0.39 is 9.84 Å². The lowest BCUT2D eigenvalue weighted by Gasteiger charge is -2.25. The quantitative estimate of drug-likeness (QED) is 0.798. The van der Waals surface area contributed by atoms with Crippen molar-refractivity contribution < 1.29 is 17.9 Å². The summed E-state index contributed by atoms with van der Waals surface area (Å²) in [5.41, 5.74) is 2.42. The molecule has 3 rings (SSSR count). The molecule has 1 atom stereocenters. The van der Waals surface area contributed by atoms with Gasteiger partial charge < -0.3 is 9.30 Å². The van der Waals surface area contributed by atoms with Gasteiger partial charge in [0.15, 0.2) is 9.84 Å². The fourth-order valence-electron chi connectivity index (χ4n) is 3.29. The first-order valence-corrected chi connectivity index (χ1v) is 9.65. The number of fused-ring (bicyclic) bond motifs is 1. The first-order chi connectivity index (χ1) is 11.4. The summed E-state index contributed by atoms with van der Waals surface area (Å²) in [5, 5.41) is 0. The van der Waals surface area contributed by atoms with Crippen LogP contribution < -0.4 is 0 Å². The molecule has 0 radical (unpaired) electrons. The molecular weight excluding hydrogens is 326 g/mol. The third kappa shape index (κ3) is 3.11. The largest absolute Gasteiger partial charge is 0.464 e. The Balaban J connectivity index is 1.89. The van der Waals surface area contributed by atoms with Crippen molar-refractivity contribution in [2.45, 2.75) is 37.1 Å². The number of sulfone groups is 1. The Bertz CT molecular complexity index is 850. The van der Waals surface area contributed by atoms with Crippen LogP contribution in [0.3, 0.4) is 0 Å². The van der Waals surface area contributed by atoms with Gasteiger partial charge in [-0.15, -0.1) is 0 Å². The smallest absolute Gasteiger partial charge is 0.354 e. The summed E-state index contributed by atoms with van der Waals surface area (Å²) in [7, 11) is -2.01. The molecule has 0 aliphatic carbocycles. The number of hydrogen-bond acceptors (Lipinski definition) is 4. The molecule has 0 bridgehead atoms. The second-order valence-corrected chi connectivity index (χ2v) is 8.25. The molecule has 6 heteroatoms. The van der Waals surface area contributed by atoms with Crippen LogP contribution in [0.1, 0.15) is 40.5 Å². The normalized spacial score (nSPS) is 17.3. The van der Waals surface area contributed by atoms with Gasteiger partial charge in [-0.3, -0.25) is 0 Å². The average molecular weight is 347 g/mol. The molecule has 1 aromatic heterocycles. The van der Waals surface area contributed by atoms with Gasteiger partial charge in [-0.05, 0) is 44.0 Å². The van der Waals surface area contributed by atoms with Gasteiger partial charge >= 0.3 is 5.97 Å². The Labute approximate surface area is 142 Å². The minimum atomic E-state index is -3.37. The van der Waals surface area contributed by atoms with E-state index in [0.29, 0.717) is 17.1 Å². The van der Waals surface area contributed by atoms with Gasteiger partial charge in [0.05, 0.1) is 17.8 Å². The van der Waals surface area contributed by atoms with Crippen molar-refractivity contribution >= 4 is 15.8 Å². The molecule has 0 fully saturated rings. The first-order valence-electron chi connectivity index (χ1n) is 7.99. The molecule has 0 spiro atoms. The summed E-state index contributed by atoms with van der Waals surface area (Å²) < 4.78 is 32.1. The van der Waals surface area contributed by atoms with Gasteiger partial charge in [-0.25, -0.2) is 13.2 Å².